The van der Waals surface area contributed by atoms with Crippen LogP contribution in [-0.2, 0) is 14.3 Å². The van der Waals surface area contributed by atoms with E-state index in [4.69, 9.17) is 9.47 Å². The SMILES string of the molecule is O=C1c2ccccc2C(=O)N1C[C@@]1([SiH3])CN(c2ccc(N3CCOCC3=O)cc2)C(=O)O1. The number of carbonyl (C=O) groups is 4. The van der Waals surface area contributed by atoms with Crippen molar-refractivity contribution in [2.24, 2.45) is 0 Å². The van der Waals surface area contributed by atoms with Crippen LogP contribution in [0.25, 0.3) is 0 Å². The number of hydrogen-bond donors (Lipinski definition) is 0. The number of nitrogens with zero attached hydrogens (tertiary/aromatic N) is 3. The lowest BCUT2D eigenvalue weighted by Gasteiger charge is -2.27. The van der Waals surface area contributed by atoms with E-state index < -0.39 is 11.3 Å². The second-order valence-electron chi connectivity index (χ2n) is 8.26. The molecule has 3 heterocycles. The Hall–Kier alpha value is -3.50. The minimum absolute atomic E-state index is 0.0220. The van der Waals surface area contributed by atoms with Gasteiger partial charge in [-0.05, 0) is 36.4 Å². The van der Waals surface area contributed by atoms with Crippen molar-refractivity contribution in [3.63, 3.8) is 0 Å². The van der Waals surface area contributed by atoms with Gasteiger partial charge < -0.3 is 14.4 Å². The zero-order valence-corrected chi connectivity index (χ0v) is 19.4. The van der Waals surface area contributed by atoms with Gasteiger partial charge in [-0.2, -0.15) is 0 Å². The Labute approximate surface area is 186 Å². The van der Waals surface area contributed by atoms with Gasteiger partial charge >= 0.3 is 6.09 Å². The molecule has 0 unspecified atom stereocenters. The Morgan fingerprint density at radius 3 is 2.06 bits per heavy atom. The maximum Gasteiger partial charge on any atom is 0.414 e. The van der Waals surface area contributed by atoms with E-state index >= 15 is 0 Å². The second-order valence-corrected chi connectivity index (χ2v) is 10.1. The minimum atomic E-state index is -0.913. The molecule has 3 aliphatic heterocycles. The van der Waals surface area contributed by atoms with Crippen LogP contribution >= 0.6 is 0 Å². The van der Waals surface area contributed by atoms with Gasteiger partial charge in [0, 0.05) is 17.9 Å². The van der Waals surface area contributed by atoms with E-state index in [1.54, 1.807) is 53.4 Å². The molecule has 2 aromatic rings. The fraction of sp³-hybridized carbons (Fsp3) is 0.273. The van der Waals surface area contributed by atoms with Crippen LogP contribution in [0.5, 0.6) is 0 Å². The molecule has 4 amide bonds. The zero-order chi connectivity index (χ0) is 22.5. The van der Waals surface area contributed by atoms with E-state index in [2.05, 4.69) is 0 Å². The second kappa shape index (κ2) is 7.57. The molecular weight excluding hydrogens is 430 g/mol. The first-order chi connectivity index (χ1) is 15.4. The fourth-order valence-electron chi connectivity index (χ4n) is 4.30. The Morgan fingerprint density at radius 2 is 1.47 bits per heavy atom. The smallest absolute Gasteiger partial charge is 0.414 e. The maximum atomic E-state index is 12.7. The highest BCUT2D eigenvalue weighted by molar-refractivity contribution is 6.23. The van der Waals surface area contributed by atoms with Crippen molar-refractivity contribution in [1.29, 1.82) is 0 Å². The van der Waals surface area contributed by atoms with Crippen molar-refractivity contribution >= 4 is 45.4 Å². The van der Waals surface area contributed by atoms with Gasteiger partial charge in [-0.1, -0.05) is 12.1 Å². The molecule has 0 spiro atoms. The van der Waals surface area contributed by atoms with Crippen molar-refractivity contribution in [3.8, 4) is 0 Å². The number of amides is 4. The lowest BCUT2D eigenvalue weighted by molar-refractivity contribution is -0.125. The quantitative estimate of drug-likeness (QED) is 0.492. The highest BCUT2D eigenvalue weighted by Crippen LogP contribution is 2.31. The first kappa shape index (κ1) is 20.4. The Balaban J connectivity index is 1.31. The molecular formula is C22H21N3O6Si. The molecule has 0 aliphatic carbocycles. The number of imide groups is 1. The van der Waals surface area contributed by atoms with E-state index in [1.165, 1.54) is 9.80 Å². The minimum Gasteiger partial charge on any atom is -0.444 e. The third-order valence-corrected chi connectivity index (χ3v) is 6.71. The number of benzene rings is 2. The summed E-state index contributed by atoms with van der Waals surface area (Å²) in [6.07, 6.45) is -0.521. The molecule has 0 N–H and O–H groups in total. The van der Waals surface area contributed by atoms with Crippen molar-refractivity contribution < 1.29 is 28.7 Å². The van der Waals surface area contributed by atoms with Crippen molar-refractivity contribution in [2.75, 3.05) is 42.6 Å². The number of cyclic esters (lactones) is 1. The predicted octanol–water partition coefficient (Wildman–Crippen LogP) is 0.364. The van der Waals surface area contributed by atoms with E-state index in [0.717, 1.165) is 5.69 Å². The van der Waals surface area contributed by atoms with E-state index in [0.29, 0.717) is 40.2 Å². The van der Waals surface area contributed by atoms with Crippen LogP contribution < -0.4 is 9.80 Å². The number of ether oxygens (including phenoxy) is 2. The number of morpholine rings is 1. The van der Waals surface area contributed by atoms with E-state index in [9.17, 15) is 19.2 Å². The molecule has 2 saturated heterocycles. The van der Waals surface area contributed by atoms with Gasteiger partial charge in [0.2, 0.25) is 0 Å². The van der Waals surface area contributed by atoms with Crippen LogP contribution in [0.1, 0.15) is 20.7 Å². The van der Waals surface area contributed by atoms with E-state index in [1.807, 2.05) is 0 Å². The van der Waals surface area contributed by atoms with Crippen LogP contribution in [0.4, 0.5) is 16.2 Å². The summed E-state index contributed by atoms with van der Waals surface area (Å²) >= 11 is 0. The Kier molecular flexibility index (Phi) is 4.83. The number of carbonyl (C=O) groups excluding carboxylic acids is 4. The Bertz CT molecular complexity index is 1100. The molecule has 32 heavy (non-hydrogen) atoms. The summed E-state index contributed by atoms with van der Waals surface area (Å²) in [5.41, 5.74) is 2.10. The lowest BCUT2D eigenvalue weighted by Crippen LogP contribution is -2.48. The molecule has 9 nitrogen and oxygen atoms in total. The summed E-state index contributed by atoms with van der Waals surface area (Å²) in [6, 6.07) is 13.8. The summed E-state index contributed by atoms with van der Waals surface area (Å²) in [5, 5.41) is -0.913. The third-order valence-electron chi connectivity index (χ3n) is 5.88. The highest BCUT2D eigenvalue weighted by Gasteiger charge is 2.47. The molecule has 5 rings (SSSR count). The molecule has 2 fully saturated rings. The number of fused-ring (bicyclic) bond motifs is 1. The summed E-state index contributed by atoms with van der Waals surface area (Å²) < 4.78 is 10.8. The van der Waals surface area contributed by atoms with Crippen molar-refractivity contribution in [2.45, 2.75) is 5.22 Å². The summed E-state index contributed by atoms with van der Waals surface area (Å²) in [6.45, 7) is 1.27. The van der Waals surface area contributed by atoms with Gasteiger partial charge in [-0.3, -0.25) is 24.2 Å². The molecule has 3 aliphatic rings. The van der Waals surface area contributed by atoms with Gasteiger partial charge in [-0.25, -0.2) is 4.79 Å². The van der Waals surface area contributed by atoms with Gasteiger partial charge in [-0.15, -0.1) is 0 Å². The highest BCUT2D eigenvalue weighted by atomic mass is 28.1. The van der Waals surface area contributed by atoms with Crippen molar-refractivity contribution in [1.82, 2.24) is 4.90 Å². The third kappa shape index (κ3) is 3.37. The van der Waals surface area contributed by atoms with Crippen LogP contribution in [0, 0.1) is 0 Å². The van der Waals surface area contributed by atoms with Gasteiger partial charge in [0.05, 0.1) is 41.1 Å². The predicted molar refractivity (Wildman–Crippen MR) is 118 cm³/mol. The molecule has 0 radical (unpaired) electrons. The molecule has 0 saturated carbocycles. The number of rotatable bonds is 4. The van der Waals surface area contributed by atoms with E-state index in [-0.39, 0.29) is 37.4 Å². The zero-order valence-electron chi connectivity index (χ0n) is 17.4. The lowest BCUT2D eigenvalue weighted by atomic mass is 10.1. The van der Waals surface area contributed by atoms with Crippen LogP contribution in [0.2, 0.25) is 0 Å². The number of hydrogen-bond acceptors (Lipinski definition) is 6. The average Bonchev–Trinajstić information content (AvgIpc) is 3.22. The molecule has 10 heteroatoms. The Morgan fingerprint density at radius 1 is 0.875 bits per heavy atom. The topological polar surface area (TPSA) is 96.5 Å². The summed E-state index contributed by atoms with van der Waals surface area (Å²) in [5.74, 6) is -0.839. The van der Waals surface area contributed by atoms with Crippen LogP contribution in [-0.4, -0.2) is 77.0 Å². The molecule has 2 aromatic carbocycles. The van der Waals surface area contributed by atoms with Gasteiger partial charge in [0.15, 0.2) is 0 Å². The largest absolute Gasteiger partial charge is 0.444 e. The van der Waals surface area contributed by atoms with Crippen LogP contribution in [0.3, 0.4) is 0 Å². The maximum absolute atomic E-state index is 12.7. The molecule has 164 valence electrons. The summed E-state index contributed by atoms with van der Waals surface area (Å²) in [4.78, 5) is 54.4. The first-order valence-corrected chi connectivity index (χ1v) is 11.3. The van der Waals surface area contributed by atoms with Gasteiger partial charge in [0.1, 0.15) is 11.8 Å². The number of anilines is 2. The normalized spacial score (nSPS) is 23.2. The summed E-state index contributed by atoms with van der Waals surface area (Å²) in [7, 11) is 0.431. The van der Waals surface area contributed by atoms with Gasteiger partial charge in [0.25, 0.3) is 17.7 Å². The monoisotopic (exact) mass is 451 g/mol. The van der Waals surface area contributed by atoms with Crippen molar-refractivity contribution in [3.05, 3.63) is 59.7 Å². The van der Waals surface area contributed by atoms with Crippen LogP contribution in [0.15, 0.2) is 48.5 Å². The molecule has 0 bridgehead atoms. The fourth-order valence-corrected chi connectivity index (χ4v) is 5.10. The standard InChI is InChI=1S/C22H21N3O6Si/c26-18-11-30-10-9-23(18)14-5-7-15(8-6-14)24-12-22(32,31-21(24)29)13-25-19(27)16-3-1-2-4-17(16)20(25)28/h1-8H,9-13H2,32H3/t22-/m0/s1. The average molecular weight is 452 g/mol. The molecule has 0 aromatic heterocycles. The first-order valence-electron chi connectivity index (χ1n) is 10.3. The molecule has 1 atom stereocenters.